The third-order valence-corrected chi connectivity index (χ3v) is 6.59. The van der Waals surface area contributed by atoms with Crippen molar-refractivity contribution in [2.45, 2.75) is 44.3 Å². The Morgan fingerprint density at radius 3 is 2.70 bits per heavy atom. The van der Waals surface area contributed by atoms with Crippen LogP contribution in [0.3, 0.4) is 0 Å². The smallest absolute Gasteiger partial charge is 0.302 e. The number of carbonyl (C=O) groups excluding carboxylic acids is 3. The largest absolute Gasteiger partial charge is 0.328 e. The molecule has 9 heteroatoms. The van der Waals surface area contributed by atoms with Gasteiger partial charge in [0.05, 0.1) is 6.42 Å². The lowest BCUT2D eigenvalue weighted by Crippen LogP contribution is -2.51. The molecule has 1 aromatic carbocycles. The second-order valence-electron chi connectivity index (χ2n) is 9.30. The Morgan fingerprint density at radius 1 is 1.33 bits per heavy atom. The molecule has 33 heavy (non-hydrogen) atoms. The summed E-state index contributed by atoms with van der Waals surface area (Å²) in [7, 11) is 3.32. The minimum Gasteiger partial charge on any atom is -0.328 e. The molecule has 2 aliphatic rings. The summed E-state index contributed by atoms with van der Waals surface area (Å²) in [5, 5.41) is 7.08. The van der Waals surface area contributed by atoms with Crippen molar-refractivity contribution in [1.29, 1.82) is 0 Å². The number of likely N-dealkylation sites (N-methyl/N-ethyl adjacent to an activating group) is 1. The van der Waals surface area contributed by atoms with E-state index in [9.17, 15) is 14.4 Å². The molecule has 0 unspecified atom stereocenters. The molecule has 172 valence electrons. The number of hydrogen-bond acceptors (Lipinski definition) is 4. The van der Waals surface area contributed by atoms with Crippen LogP contribution in [0.2, 0.25) is 0 Å². The molecular weight excluding hydrogens is 420 g/mol. The zero-order valence-corrected chi connectivity index (χ0v) is 19.3. The molecule has 1 N–H and O–H groups in total. The van der Waals surface area contributed by atoms with Crippen LogP contribution in [0.1, 0.15) is 42.7 Å². The van der Waals surface area contributed by atoms with Crippen molar-refractivity contribution in [3.05, 3.63) is 59.2 Å². The summed E-state index contributed by atoms with van der Waals surface area (Å²) >= 11 is 0. The average molecular weight is 449 g/mol. The first-order valence-corrected chi connectivity index (χ1v) is 11.0. The van der Waals surface area contributed by atoms with Crippen LogP contribution in [0.5, 0.6) is 0 Å². The standard InChI is InChI=1S/C24H28N6O3/c1-15(2)12-19(29(5)21(31)18-10-11-28(4)27-18)22(32)30-14-24(13-20(30)25-3)16-8-6-7-9-17(16)26-23(24)33/h6-11,15,19-20H,12-14H2,1-2,4-5H3,(H,26,33)/t19-,20-,24-/m0/s1. The fraction of sp³-hybridized carbons (Fsp3) is 0.458. The first kappa shape index (κ1) is 22.5. The third-order valence-electron chi connectivity index (χ3n) is 6.59. The van der Waals surface area contributed by atoms with E-state index in [1.807, 2.05) is 38.1 Å². The highest BCUT2D eigenvalue weighted by molar-refractivity contribution is 6.07. The number of para-hydroxylation sites is 1. The number of nitrogens with zero attached hydrogens (tertiary/aromatic N) is 5. The van der Waals surface area contributed by atoms with Crippen molar-refractivity contribution in [3.8, 4) is 0 Å². The maximum absolute atomic E-state index is 13.8. The van der Waals surface area contributed by atoms with Crippen molar-refractivity contribution < 1.29 is 14.4 Å². The number of benzene rings is 1. The number of anilines is 1. The van der Waals surface area contributed by atoms with Gasteiger partial charge in [0.25, 0.3) is 11.8 Å². The van der Waals surface area contributed by atoms with E-state index in [1.54, 1.807) is 26.4 Å². The van der Waals surface area contributed by atoms with E-state index in [4.69, 9.17) is 6.57 Å². The quantitative estimate of drug-likeness (QED) is 0.711. The normalized spacial score (nSPS) is 22.2. The van der Waals surface area contributed by atoms with Crippen molar-refractivity contribution in [1.82, 2.24) is 19.6 Å². The van der Waals surface area contributed by atoms with Gasteiger partial charge in [-0.1, -0.05) is 32.0 Å². The number of fused-ring (bicyclic) bond motifs is 2. The number of rotatable bonds is 5. The first-order valence-electron chi connectivity index (χ1n) is 11.0. The number of aromatic nitrogens is 2. The van der Waals surface area contributed by atoms with Crippen molar-refractivity contribution in [2.24, 2.45) is 13.0 Å². The van der Waals surface area contributed by atoms with E-state index >= 15 is 0 Å². The number of amides is 3. The molecule has 1 aromatic heterocycles. The van der Waals surface area contributed by atoms with Gasteiger partial charge in [-0.25, -0.2) is 6.57 Å². The van der Waals surface area contributed by atoms with Crippen LogP contribution in [0.4, 0.5) is 5.69 Å². The molecule has 0 radical (unpaired) electrons. The van der Waals surface area contributed by atoms with E-state index in [-0.39, 0.29) is 42.3 Å². The number of aryl methyl sites for hydroxylation is 1. The Hall–Kier alpha value is -3.67. The summed E-state index contributed by atoms with van der Waals surface area (Å²) in [6.07, 6.45) is 1.57. The highest BCUT2D eigenvalue weighted by atomic mass is 16.2. The highest BCUT2D eigenvalue weighted by Gasteiger charge is 2.59. The van der Waals surface area contributed by atoms with Crippen LogP contribution in [-0.2, 0) is 22.1 Å². The monoisotopic (exact) mass is 448 g/mol. The number of hydrogen-bond donors (Lipinski definition) is 1. The summed E-state index contributed by atoms with van der Waals surface area (Å²) in [6, 6.07) is 8.27. The number of nitrogens with one attached hydrogen (secondary N) is 1. The molecule has 0 saturated carbocycles. The fourth-order valence-electron chi connectivity index (χ4n) is 4.87. The number of likely N-dealkylation sites (tertiary alicyclic amines) is 1. The van der Waals surface area contributed by atoms with E-state index in [0.717, 1.165) is 11.3 Å². The minimum absolute atomic E-state index is 0.113. The van der Waals surface area contributed by atoms with Gasteiger partial charge in [0.2, 0.25) is 5.91 Å². The summed E-state index contributed by atoms with van der Waals surface area (Å²) in [6.45, 7) is 11.8. The lowest BCUT2D eigenvalue weighted by Gasteiger charge is -2.31. The van der Waals surface area contributed by atoms with Crippen LogP contribution in [0, 0.1) is 12.5 Å². The molecule has 3 amide bonds. The van der Waals surface area contributed by atoms with Crippen LogP contribution >= 0.6 is 0 Å². The van der Waals surface area contributed by atoms with Crippen LogP contribution < -0.4 is 5.32 Å². The van der Waals surface area contributed by atoms with Crippen LogP contribution in [-0.4, -0.2) is 63.1 Å². The van der Waals surface area contributed by atoms with Crippen LogP contribution in [0.25, 0.3) is 4.85 Å². The predicted octanol–water partition coefficient (Wildman–Crippen LogP) is 2.27. The summed E-state index contributed by atoms with van der Waals surface area (Å²) in [5.41, 5.74) is 0.845. The van der Waals surface area contributed by atoms with Gasteiger partial charge in [-0.15, -0.1) is 0 Å². The molecule has 4 rings (SSSR count). The Kier molecular flexibility index (Phi) is 5.70. The van der Waals surface area contributed by atoms with Gasteiger partial charge >= 0.3 is 6.17 Å². The van der Waals surface area contributed by atoms with Gasteiger partial charge in [-0.3, -0.25) is 28.8 Å². The summed E-state index contributed by atoms with van der Waals surface area (Å²) in [4.78, 5) is 46.5. The van der Waals surface area contributed by atoms with E-state index < -0.39 is 17.6 Å². The van der Waals surface area contributed by atoms with Gasteiger partial charge in [-0.05, 0) is 30.0 Å². The third kappa shape index (κ3) is 3.75. The molecule has 0 bridgehead atoms. The Bertz CT molecular complexity index is 1150. The van der Waals surface area contributed by atoms with Crippen molar-refractivity contribution in [2.75, 3.05) is 18.9 Å². The molecule has 0 aliphatic carbocycles. The molecule has 1 spiro atoms. The maximum Gasteiger partial charge on any atom is 0.302 e. The molecule has 9 nitrogen and oxygen atoms in total. The lowest BCUT2D eigenvalue weighted by molar-refractivity contribution is -0.136. The van der Waals surface area contributed by atoms with E-state index in [0.29, 0.717) is 6.42 Å². The summed E-state index contributed by atoms with van der Waals surface area (Å²) in [5.74, 6) is -0.722. The fourth-order valence-corrected chi connectivity index (χ4v) is 4.87. The zero-order chi connectivity index (χ0) is 23.9. The summed E-state index contributed by atoms with van der Waals surface area (Å²) < 4.78 is 1.54. The molecular formula is C24H28N6O3. The average Bonchev–Trinajstić information content (AvgIpc) is 3.47. The Labute approximate surface area is 193 Å². The second kappa shape index (κ2) is 8.35. The molecule has 3 heterocycles. The highest BCUT2D eigenvalue weighted by Crippen LogP contribution is 2.46. The van der Waals surface area contributed by atoms with Crippen LogP contribution in [0.15, 0.2) is 36.5 Å². The van der Waals surface area contributed by atoms with Gasteiger partial charge in [0, 0.05) is 32.5 Å². The van der Waals surface area contributed by atoms with Crippen molar-refractivity contribution >= 4 is 23.4 Å². The second-order valence-corrected chi connectivity index (χ2v) is 9.30. The SMILES string of the molecule is [C-]#[N+][C@@H]1C[C@@]2(CN1C(=O)[C@H](CC(C)C)N(C)C(=O)c1ccn(C)n1)C(=O)Nc1ccccc12. The number of carbonyl (C=O) groups is 3. The first-order chi connectivity index (χ1) is 15.7. The molecule has 1 fully saturated rings. The van der Waals surface area contributed by atoms with Gasteiger partial charge in [-0.2, -0.15) is 5.10 Å². The Morgan fingerprint density at radius 2 is 2.06 bits per heavy atom. The molecule has 2 aliphatic heterocycles. The van der Waals surface area contributed by atoms with Crippen molar-refractivity contribution in [3.63, 3.8) is 0 Å². The molecule has 2 aromatic rings. The zero-order valence-electron chi connectivity index (χ0n) is 19.3. The molecule has 1 saturated heterocycles. The predicted molar refractivity (Wildman–Crippen MR) is 122 cm³/mol. The molecule has 3 atom stereocenters. The topological polar surface area (TPSA) is 91.9 Å². The maximum atomic E-state index is 13.8. The minimum atomic E-state index is -0.951. The lowest BCUT2D eigenvalue weighted by atomic mass is 9.80. The van der Waals surface area contributed by atoms with E-state index in [1.165, 1.54) is 14.5 Å². The Balaban J connectivity index is 1.65. The van der Waals surface area contributed by atoms with Gasteiger partial charge < -0.3 is 10.2 Å². The van der Waals surface area contributed by atoms with Gasteiger partial charge in [0.1, 0.15) is 17.2 Å². The van der Waals surface area contributed by atoms with E-state index in [2.05, 4.69) is 15.3 Å². The van der Waals surface area contributed by atoms with Gasteiger partial charge in [0.15, 0.2) is 0 Å².